The summed E-state index contributed by atoms with van der Waals surface area (Å²) in [6.07, 6.45) is 9.34. The van der Waals surface area contributed by atoms with Crippen molar-refractivity contribution in [3.8, 4) is 0 Å². The molecule has 0 bridgehead atoms. The minimum Gasteiger partial charge on any atom is -0.444 e. The third kappa shape index (κ3) is 5.37. The third-order valence-corrected chi connectivity index (χ3v) is 6.39. The van der Waals surface area contributed by atoms with E-state index in [0.717, 1.165) is 25.9 Å². The first kappa shape index (κ1) is 23.5. The van der Waals surface area contributed by atoms with Gasteiger partial charge in [-0.05, 0) is 79.6 Å². The number of hydrogen-bond donors (Lipinski definition) is 1. The van der Waals surface area contributed by atoms with E-state index in [1.807, 2.05) is 6.08 Å². The van der Waals surface area contributed by atoms with Crippen molar-refractivity contribution in [2.75, 3.05) is 33.4 Å². The van der Waals surface area contributed by atoms with Crippen LogP contribution in [-0.2, 0) is 9.53 Å². The Labute approximate surface area is 191 Å². The van der Waals surface area contributed by atoms with Gasteiger partial charge in [0.1, 0.15) is 0 Å². The number of halogens is 1. The van der Waals surface area contributed by atoms with Gasteiger partial charge < -0.3 is 19.4 Å². The fourth-order valence-electron chi connectivity index (χ4n) is 4.05. The summed E-state index contributed by atoms with van der Waals surface area (Å²) in [5, 5.41) is 3.03. The van der Waals surface area contributed by atoms with Gasteiger partial charge in [-0.3, -0.25) is 14.5 Å². The molecule has 1 unspecified atom stereocenters. The topological polar surface area (TPSA) is 75.0 Å². The van der Waals surface area contributed by atoms with Crippen LogP contribution < -0.4 is 5.32 Å². The second-order valence-electron chi connectivity index (χ2n) is 7.97. The molecule has 0 radical (unpaired) electrons. The molecule has 1 saturated heterocycles. The highest BCUT2D eigenvalue weighted by Crippen LogP contribution is 2.35. The Morgan fingerprint density at radius 3 is 2.71 bits per heavy atom. The van der Waals surface area contributed by atoms with E-state index >= 15 is 0 Å². The lowest BCUT2D eigenvalue weighted by Gasteiger charge is -2.46. The largest absolute Gasteiger partial charge is 0.444 e. The molecule has 0 saturated carbocycles. The number of rotatable bonds is 8. The molecular weight excluding hydrogens is 462 g/mol. The quantitative estimate of drug-likeness (QED) is 0.597. The van der Waals surface area contributed by atoms with Crippen LogP contribution in [0, 0.1) is 0 Å². The Morgan fingerprint density at radius 2 is 2.10 bits per heavy atom. The summed E-state index contributed by atoms with van der Waals surface area (Å²) in [6, 6.07) is 3.30. The van der Waals surface area contributed by atoms with Crippen LogP contribution in [0.4, 0.5) is 0 Å². The molecule has 1 N–H and O–H groups in total. The first-order valence-electron chi connectivity index (χ1n) is 10.6. The van der Waals surface area contributed by atoms with Crippen molar-refractivity contribution in [3.05, 3.63) is 58.8 Å². The van der Waals surface area contributed by atoms with Gasteiger partial charge in [0.05, 0.1) is 12.1 Å². The first-order chi connectivity index (χ1) is 14.9. The summed E-state index contributed by atoms with van der Waals surface area (Å²) < 4.78 is 11.0. The van der Waals surface area contributed by atoms with Crippen LogP contribution in [0.3, 0.4) is 0 Å². The van der Waals surface area contributed by atoms with Crippen LogP contribution in [-0.4, -0.2) is 60.5 Å². The number of amides is 2. The highest BCUT2D eigenvalue weighted by atomic mass is 79.9. The Balaban J connectivity index is 1.89. The summed E-state index contributed by atoms with van der Waals surface area (Å²) in [5.74, 6) is -0.293. The van der Waals surface area contributed by atoms with E-state index in [9.17, 15) is 9.59 Å². The number of likely N-dealkylation sites (tertiary alicyclic amines) is 1. The number of ether oxygens (including phenoxy) is 1. The van der Waals surface area contributed by atoms with E-state index in [2.05, 4.69) is 39.6 Å². The Hall–Kier alpha value is -2.16. The summed E-state index contributed by atoms with van der Waals surface area (Å²) in [7, 11) is 1.59. The molecule has 3 rings (SSSR count). The maximum atomic E-state index is 13.1. The predicted octanol–water partition coefficient (Wildman–Crippen LogP) is 3.85. The zero-order valence-corrected chi connectivity index (χ0v) is 19.7. The molecule has 1 fully saturated rings. The van der Waals surface area contributed by atoms with Gasteiger partial charge in [-0.15, -0.1) is 0 Å². The van der Waals surface area contributed by atoms with Gasteiger partial charge in [-0.25, -0.2) is 0 Å². The number of furan rings is 1. The SMILES string of the molecule is C=CN(CCOC)C(=O)C1=CCC(C)(N2CCCCC2)C(NC(=O)c2ccc(Br)o2)=C1. The van der Waals surface area contributed by atoms with E-state index < -0.39 is 5.54 Å². The highest BCUT2D eigenvalue weighted by Gasteiger charge is 2.39. The fourth-order valence-corrected chi connectivity index (χ4v) is 4.35. The molecule has 2 aliphatic rings. The van der Waals surface area contributed by atoms with Gasteiger partial charge in [0.15, 0.2) is 10.4 Å². The number of nitrogens with one attached hydrogen (secondary N) is 1. The molecule has 0 spiro atoms. The molecule has 2 heterocycles. The van der Waals surface area contributed by atoms with Crippen molar-refractivity contribution < 1.29 is 18.7 Å². The van der Waals surface area contributed by atoms with Gasteiger partial charge in [-0.1, -0.05) is 19.1 Å². The van der Waals surface area contributed by atoms with E-state index in [0.29, 0.717) is 35.5 Å². The average Bonchev–Trinajstić information content (AvgIpc) is 3.22. The van der Waals surface area contributed by atoms with Crippen LogP contribution in [0.15, 0.2) is 57.4 Å². The Kier molecular flexibility index (Phi) is 7.91. The average molecular weight is 492 g/mol. The maximum absolute atomic E-state index is 13.1. The van der Waals surface area contributed by atoms with Gasteiger partial charge >= 0.3 is 0 Å². The first-order valence-corrected chi connectivity index (χ1v) is 11.3. The van der Waals surface area contributed by atoms with Crippen molar-refractivity contribution in [1.82, 2.24) is 15.1 Å². The van der Waals surface area contributed by atoms with Gasteiger partial charge in [0, 0.05) is 24.9 Å². The van der Waals surface area contributed by atoms with Crippen LogP contribution in [0.1, 0.15) is 43.2 Å². The molecule has 1 aromatic rings. The standard InChI is InChI=1S/C23H30BrN3O4/c1-4-26(14-15-30-3)22(29)17-10-11-23(2,27-12-6-5-7-13-27)19(16-17)25-21(28)18-8-9-20(24)31-18/h4,8-10,16H,1,5-7,11-15H2,2-3H3,(H,25,28). The van der Waals surface area contributed by atoms with Crippen molar-refractivity contribution >= 4 is 27.7 Å². The van der Waals surface area contributed by atoms with E-state index in [4.69, 9.17) is 9.15 Å². The summed E-state index contributed by atoms with van der Waals surface area (Å²) in [6.45, 7) is 8.61. The molecule has 7 nitrogen and oxygen atoms in total. The zero-order chi connectivity index (χ0) is 22.4. The molecule has 1 aromatic heterocycles. The van der Waals surface area contributed by atoms with Crippen molar-refractivity contribution in [2.45, 2.75) is 38.1 Å². The van der Waals surface area contributed by atoms with Gasteiger partial charge in [0.25, 0.3) is 11.8 Å². The van der Waals surface area contributed by atoms with Crippen LogP contribution in [0.25, 0.3) is 0 Å². The third-order valence-electron chi connectivity index (χ3n) is 5.96. The summed E-state index contributed by atoms with van der Waals surface area (Å²) >= 11 is 3.24. The van der Waals surface area contributed by atoms with Crippen LogP contribution in [0.2, 0.25) is 0 Å². The van der Waals surface area contributed by atoms with Crippen LogP contribution in [0.5, 0.6) is 0 Å². The number of methoxy groups -OCH3 is 1. The van der Waals surface area contributed by atoms with Crippen LogP contribution >= 0.6 is 15.9 Å². The number of hydrogen-bond acceptors (Lipinski definition) is 5. The lowest BCUT2D eigenvalue weighted by molar-refractivity contribution is -0.124. The number of carbonyl (C=O) groups excluding carboxylic acids is 2. The highest BCUT2D eigenvalue weighted by molar-refractivity contribution is 9.10. The van der Waals surface area contributed by atoms with Crippen molar-refractivity contribution in [2.24, 2.45) is 0 Å². The normalized spacial score (nSPS) is 21.8. The fraction of sp³-hybridized carbons (Fsp3) is 0.478. The zero-order valence-electron chi connectivity index (χ0n) is 18.2. The number of nitrogens with zero attached hydrogens (tertiary/aromatic N) is 2. The Morgan fingerprint density at radius 1 is 1.35 bits per heavy atom. The molecule has 168 valence electrons. The molecule has 1 aliphatic heterocycles. The summed E-state index contributed by atoms with van der Waals surface area (Å²) in [4.78, 5) is 29.9. The summed E-state index contributed by atoms with van der Waals surface area (Å²) in [5.41, 5.74) is 0.824. The van der Waals surface area contributed by atoms with E-state index in [-0.39, 0.29) is 17.6 Å². The predicted molar refractivity (Wildman–Crippen MR) is 122 cm³/mol. The molecule has 1 aliphatic carbocycles. The molecular formula is C23H30BrN3O4. The second kappa shape index (κ2) is 10.4. The molecule has 2 amide bonds. The lowest BCUT2D eigenvalue weighted by atomic mass is 9.83. The van der Waals surface area contributed by atoms with E-state index in [1.54, 1.807) is 25.3 Å². The smallest absolute Gasteiger partial charge is 0.291 e. The molecule has 1 atom stereocenters. The van der Waals surface area contributed by atoms with Gasteiger partial charge in [0.2, 0.25) is 0 Å². The number of carbonyl (C=O) groups is 2. The Bertz CT molecular complexity index is 885. The van der Waals surface area contributed by atoms with Crippen molar-refractivity contribution in [1.29, 1.82) is 0 Å². The number of piperidine rings is 1. The minimum atomic E-state index is -0.408. The molecule has 31 heavy (non-hydrogen) atoms. The molecule has 8 heteroatoms. The van der Waals surface area contributed by atoms with Crippen molar-refractivity contribution in [3.63, 3.8) is 0 Å². The van der Waals surface area contributed by atoms with Gasteiger partial charge in [-0.2, -0.15) is 0 Å². The minimum absolute atomic E-state index is 0.166. The second-order valence-corrected chi connectivity index (χ2v) is 8.76. The molecule has 0 aromatic carbocycles. The monoisotopic (exact) mass is 491 g/mol. The lowest BCUT2D eigenvalue weighted by Crippen LogP contribution is -2.54. The maximum Gasteiger partial charge on any atom is 0.291 e. The van der Waals surface area contributed by atoms with E-state index in [1.165, 1.54) is 17.5 Å².